The molecule has 0 radical (unpaired) electrons. The molecule has 7 heteroatoms. The Labute approximate surface area is 153 Å². The summed E-state index contributed by atoms with van der Waals surface area (Å²) < 4.78 is 37.6. The summed E-state index contributed by atoms with van der Waals surface area (Å²) >= 11 is 0. The number of alkyl halides is 3. The van der Waals surface area contributed by atoms with Crippen molar-refractivity contribution in [3.63, 3.8) is 0 Å². The summed E-state index contributed by atoms with van der Waals surface area (Å²) in [7, 11) is 0. The summed E-state index contributed by atoms with van der Waals surface area (Å²) in [6.45, 7) is -0.0412. The van der Waals surface area contributed by atoms with E-state index in [2.05, 4.69) is 10.6 Å². The van der Waals surface area contributed by atoms with Crippen LogP contribution in [0.25, 0.3) is 10.8 Å². The number of benzene rings is 3. The Morgan fingerprint density at radius 3 is 2.33 bits per heavy atom. The molecule has 3 aromatic carbocycles. The highest BCUT2D eigenvalue weighted by molar-refractivity contribution is 5.89. The summed E-state index contributed by atoms with van der Waals surface area (Å²) in [5.74, 6) is 0. The van der Waals surface area contributed by atoms with Crippen LogP contribution in [-0.2, 0) is 6.18 Å². The molecule has 0 aliphatic rings. The van der Waals surface area contributed by atoms with Crippen LogP contribution in [0.4, 0.5) is 23.7 Å². The number of halogens is 3. The minimum atomic E-state index is -4.43. The van der Waals surface area contributed by atoms with Gasteiger partial charge in [0.15, 0.2) is 0 Å². The Balaban J connectivity index is 1.60. The molecule has 3 N–H and O–H groups in total. The Bertz CT molecular complexity index is 935. The number of fused-ring (bicyclic) bond motifs is 1. The number of nitrogens with one attached hydrogen (secondary N) is 2. The molecule has 2 amide bonds. The molecule has 0 aliphatic carbocycles. The van der Waals surface area contributed by atoms with Crippen LogP contribution < -0.4 is 10.6 Å². The monoisotopic (exact) mass is 374 g/mol. The average Bonchev–Trinajstić information content (AvgIpc) is 2.65. The van der Waals surface area contributed by atoms with E-state index < -0.39 is 23.9 Å². The third kappa shape index (κ3) is 4.57. The summed E-state index contributed by atoms with van der Waals surface area (Å²) in [5.41, 5.74) is 0.114. The van der Waals surface area contributed by atoms with Gasteiger partial charge in [0.2, 0.25) is 0 Å². The van der Waals surface area contributed by atoms with Crippen LogP contribution in [0, 0.1) is 0 Å². The maximum atomic E-state index is 12.5. The van der Waals surface area contributed by atoms with E-state index in [-0.39, 0.29) is 12.2 Å². The first kappa shape index (κ1) is 18.7. The smallest absolute Gasteiger partial charge is 0.387 e. The molecular formula is C20H17F3N2O2. The number of aliphatic hydroxyl groups is 1. The largest absolute Gasteiger partial charge is 0.416 e. The molecule has 0 heterocycles. The highest BCUT2D eigenvalue weighted by Crippen LogP contribution is 2.29. The number of hydrogen-bond donors (Lipinski definition) is 3. The number of carbonyl (C=O) groups excluding carboxylic acids is 1. The summed E-state index contributed by atoms with van der Waals surface area (Å²) in [6.07, 6.45) is -5.35. The van der Waals surface area contributed by atoms with Crippen LogP contribution in [0.3, 0.4) is 0 Å². The molecule has 27 heavy (non-hydrogen) atoms. The SMILES string of the molecule is O=C(NCC(O)c1cccc2ccccc12)Nc1ccc(C(F)(F)F)cc1. The van der Waals surface area contributed by atoms with Crippen molar-refractivity contribution in [1.82, 2.24) is 5.32 Å². The van der Waals surface area contributed by atoms with Crippen molar-refractivity contribution in [3.8, 4) is 0 Å². The fraction of sp³-hybridized carbons (Fsp3) is 0.150. The van der Waals surface area contributed by atoms with Crippen LogP contribution in [-0.4, -0.2) is 17.7 Å². The van der Waals surface area contributed by atoms with Gasteiger partial charge in [-0.3, -0.25) is 0 Å². The lowest BCUT2D eigenvalue weighted by Crippen LogP contribution is -2.32. The molecule has 3 aromatic rings. The van der Waals surface area contributed by atoms with E-state index in [1.54, 1.807) is 6.07 Å². The van der Waals surface area contributed by atoms with Crippen LogP contribution in [0.2, 0.25) is 0 Å². The standard InChI is InChI=1S/C20H17F3N2O2/c21-20(22,23)14-8-10-15(11-9-14)25-19(27)24-12-18(26)17-7-3-5-13-4-1-2-6-16(13)17/h1-11,18,26H,12H2,(H2,24,25,27). The fourth-order valence-electron chi connectivity index (χ4n) is 2.76. The number of urea groups is 1. The Morgan fingerprint density at radius 2 is 1.63 bits per heavy atom. The van der Waals surface area contributed by atoms with Gasteiger partial charge < -0.3 is 15.7 Å². The molecule has 0 bridgehead atoms. The van der Waals surface area contributed by atoms with Gasteiger partial charge in [0.25, 0.3) is 0 Å². The second kappa shape index (κ2) is 7.67. The summed E-state index contributed by atoms with van der Waals surface area (Å²) in [6, 6.07) is 16.6. The molecule has 0 aromatic heterocycles. The zero-order valence-corrected chi connectivity index (χ0v) is 14.1. The number of anilines is 1. The maximum Gasteiger partial charge on any atom is 0.416 e. The highest BCUT2D eigenvalue weighted by Gasteiger charge is 2.30. The lowest BCUT2D eigenvalue weighted by molar-refractivity contribution is -0.137. The predicted molar refractivity (Wildman–Crippen MR) is 97.4 cm³/mol. The minimum absolute atomic E-state index is 0.0412. The van der Waals surface area contributed by atoms with Crippen molar-refractivity contribution in [3.05, 3.63) is 77.9 Å². The first-order valence-electron chi connectivity index (χ1n) is 8.22. The van der Waals surface area contributed by atoms with E-state index in [0.29, 0.717) is 5.56 Å². The van der Waals surface area contributed by atoms with Gasteiger partial charge in [-0.1, -0.05) is 42.5 Å². The predicted octanol–water partition coefficient (Wildman–Crippen LogP) is 4.71. The zero-order chi connectivity index (χ0) is 19.4. The van der Waals surface area contributed by atoms with Crippen molar-refractivity contribution in [2.75, 3.05) is 11.9 Å². The van der Waals surface area contributed by atoms with Crippen LogP contribution >= 0.6 is 0 Å². The van der Waals surface area contributed by atoms with Crippen molar-refractivity contribution < 1.29 is 23.1 Å². The van der Waals surface area contributed by atoms with Gasteiger partial charge in [0, 0.05) is 12.2 Å². The van der Waals surface area contributed by atoms with E-state index in [1.165, 1.54) is 12.1 Å². The van der Waals surface area contributed by atoms with E-state index >= 15 is 0 Å². The summed E-state index contributed by atoms with van der Waals surface area (Å²) in [4.78, 5) is 11.9. The molecule has 0 saturated heterocycles. The molecule has 0 aliphatic heterocycles. The fourth-order valence-corrected chi connectivity index (χ4v) is 2.76. The third-order valence-electron chi connectivity index (χ3n) is 4.11. The van der Waals surface area contributed by atoms with E-state index in [0.717, 1.165) is 22.9 Å². The minimum Gasteiger partial charge on any atom is -0.387 e. The lowest BCUT2D eigenvalue weighted by Gasteiger charge is -2.15. The number of rotatable bonds is 4. The van der Waals surface area contributed by atoms with Gasteiger partial charge in [0.1, 0.15) is 0 Å². The molecule has 0 saturated carbocycles. The molecule has 140 valence electrons. The second-order valence-electron chi connectivity index (χ2n) is 5.99. The van der Waals surface area contributed by atoms with Crippen molar-refractivity contribution in [2.45, 2.75) is 12.3 Å². The van der Waals surface area contributed by atoms with E-state index in [4.69, 9.17) is 0 Å². The topological polar surface area (TPSA) is 61.4 Å². The van der Waals surface area contributed by atoms with Crippen LogP contribution in [0.1, 0.15) is 17.2 Å². The molecule has 0 fully saturated rings. The van der Waals surface area contributed by atoms with Crippen molar-refractivity contribution in [1.29, 1.82) is 0 Å². The number of hydrogen-bond acceptors (Lipinski definition) is 2. The van der Waals surface area contributed by atoms with Crippen LogP contribution in [0.5, 0.6) is 0 Å². The van der Waals surface area contributed by atoms with Gasteiger partial charge in [-0.25, -0.2) is 4.79 Å². The van der Waals surface area contributed by atoms with Crippen molar-refractivity contribution in [2.24, 2.45) is 0 Å². The normalized spacial score (nSPS) is 12.6. The number of amides is 2. The van der Waals surface area contributed by atoms with Gasteiger partial charge in [-0.05, 0) is 40.6 Å². The average molecular weight is 374 g/mol. The van der Waals surface area contributed by atoms with Gasteiger partial charge in [-0.2, -0.15) is 13.2 Å². The molecule has 4 nitrogen and oxygen atoms in total. The quantitative estimate of drug-likeness (QED) is 0.619. The van der Waals surface area contributed by atoms with Crippen molar-refractivity contribution >= 4 is 22.5 Å². The zero-order valence-electron chi connectivity index (χ0n) is 14.1. The Morgan fingerprint density at radius 1 is 0.963 bits per heavy atom. The molecule has 1 unspecified atom stereocenters. The second-order valence-corrected chi connectivity index (χ2v) is 5.99. The maximum absolute atomic E-state index is 12.5. The first-order valence-corrected chi connectivity index (χ1v) is 8.22. The Kier molecular flexibility index (Phi) is 5.32. The van der Waals surface area contributed by atoms with Crippen LogP contribution in [0.15, 0.2) is 66.7 Å². The highest BCUT2D eigenvalue weighted by atomic mass is 19.4. The molecule has 0 spiro atoms. The Hall–Kier alpha value is -3.06. The van der Waals surface area contributed by atoms with E-state index in [1.807, 2.05) is 36.4 Å². The number of aliphatic hydroxyl groups excluding tert-OH is 1. The summed E-state index contributed by atoms with van der Waals surface area (Å²) in [5, 5.41) is 17.2. The van der Waals surface area contributed by atoms with Gasteiger partial charge >= 0.3 is 12.2 Å². The van der Waals surface area contributed by atoms with E-state index in [9.17, 15) is 23.1 Å². The molecular weight excluding hydrogens is 357 g/mol. The number of carbonyl (C=O) groups is 1. The van der Waals surface area contributed by atoms with Gasteiger partial charge in [0.05, 0.1) is 11.7 Å². The lowest BCUT2D eigenvalue weighted by atomic mass is 10.0. The molecule has 3 rings (SSSR count). The molecule has 1 atom stereocenters. The van der Waals surface area contributed by atoms with Gasteiger partial charge in [-0.15, -0.1) is 0 Å². The third-order valence-corrected chi connectivity index (χ3v) is 4.11. The first-order chi connectivity index (χ1) is 12.8.